The van der Waals surface area contributed by atoms with Gasteiger partial charge in [0, 0.05) is 24.8 Å². The lowest BCUT2D eigenvalue weighted by molar-refractivity contribution is -0.136. The minimum Gasteiger partial charge on any atom is -0.348 e. The molecule has 3 aliphatic rings. The van der Waals surface area contributed by atoms with Gasteiger partial charge in [-0.2, -0.15) is 4.99 Å². The molecular weight excluding hydrogens is 340 g/mol. The van der Waals surface area contributed by atoms with E-state index in [9.17, 15) is 9.59 Å². The van der Waals surface area contributed by atoms with E-state index >= 15 is 0 Å². The van der Waals surface area contributed by atoms with Gasteiger partial charge in [0.05, 0.1) is 6.42 Å². The van der Waals surface area contributed by atoms with Crippen LogP contribution < -0.4 is 5.32 Å². The summed E-state index contributed by atoms with van der Waals surface area (Å²) in [6.45, 7) is 13.1. The first-order chi connectivity index (χ1) is 12.6. The minimum atomic E-state index is -0.964. The lowest BCUT2D eigenvalue weighted by Crippen LogP contribution is -2.64. The van der Waals surface area contributed by atoms with E-state index in [0.717, 1.165) is 25.2 Å². The lowest BCUT2D eigenvalue weighted by Gasteiger charge is -2.44. The zero-order valence-electron chi connectivity index (χ0n) is 17.2. The van der Waals surface area contributed by atoms with Gasteiger partial charge in [0.15, 0.2) is 0 Å². The Morgan fingerprint density at radius 1 is 1.44 bits per heavy atom. The maximum atomic E-state index is 13.3. The second-order valence-electron chi connectivity index (χ2n) is 9.21. The van der Waals surface area contributed by atoms with Crippen LogP contribution in [0, 0.1) is 5.92 Å². The van der Waals surface area contributed by atoms with E-state index in [1.54, 1.807) is 0 Å². The number of nitrogens with zero attached hydrogens (tertiary/aromatic N) is 3. The van der Waals surface area contributed by atoms with Gasteiger partial charge in [-0.05, 0) is 70.7 Å². The van der Waals surface area contributed by atoms with Crippen molar-refractivity contribution < 1.29 is 9.59 Å². The first kappa shape index (κ1) is 19.8. The molecule has 0 unspecified atom stereocenters. The van der Waals surface area contributed by atoms with E-state index in [0.29, 0.717) is 11.8 Å². The Kier molecular flexibility index (Phi) is 5.30. The molecule has 0 aliphatic carbocycles. The molecule has 0 spiro atoms. The van der Waals surface area contributed by atoms with Crippen molar-refractivity contribution in [2.24, 2.45) is 10.9 Å². The number of aliphatic imine (C=N–C) groups is 1. The summed E-state index contributed by atoms with van der Waals surface area (Å²) in [5.74, 6) is 0.870. The van der Waals surface area contributed by atoms with Crippen LogP contribution in [0.1, 0.15) is 53.9 Å². The highest BCUT2D eigenvalue weighted by Gasteiger charge is 2.46. The monoisotopic (exact) mass is 372 g/mol. The second-order valence-corrected chi connectivity index (χ2v) is 9.21. The van der Waals surface area contributed by atoms with Gasteiger partial charge in [0.1, 0.15) is 11.4 Å². The van der Waals surface area contributed by atoms with Crippen molar-refractivity contribution in [3.63, 3.8) is 0 Å². The van der Waals surface area contributed by atoms with Crippen molar-refractivity contribution in [1.82, 2.24) is 15.1 Å². The fourth-order valence-corrected chi connectivity index (χ4v) is 4.30. The molecule has 0 saturated carbocycles. The van der Waals surface area contributed by atoms with Gasteiger partial charge < -0.3 is 15.1 Å². The van der Waals surface area contributed by atoms with Crippen LogP contribution in [0.5, 0.6) is 0 Å². The van der Waals surface area contributed by atoms with E-state index in [1.807, 2.05) is 37.1 Å². The number of amidine groups is 1. The topological polar surface area (TPSA) is 65.0 Å². The molecule has 0 aromatic rings. The predicted molar refractivity (Wildman–Crippen MR) is 107 cm³/mol. The van der Waals surface area contributed by atoms with Gasteiger partial charge >= 0.3 is 0 Å². The second kappa shape index (κ2) is 7.23. The van der Waals surface area contributed by atoms with Crippen molar-refractivity contribution in [3.05, 3.63) is 23.9 Å². The average molecular weight is 373 g/mol. The number of likely N-dealkylation sites (tertiary alicyclic amines) is 1. The Morgan fingerprint density at radius 3 is 2.89 bits per heavy atom. The molecule has 3 aliphatic heterocycles. The predicted octanol–water partition coefficient (Wildman–Crippen LogP) is 2.48. The first-order valence-corrected chi connectivity index (χ1v) is 9.91. The summed E-state index contributed by atoms with van der Waals surface area (Å²) in [6, 6.07) is 0. The Morgan fingerprint density at radius 2 is 2.19 bits per heavy atom. The summed E-state index contributed by atoms with van der Waals surface area (Å²) >= 11 is 0. The van der Waals surface area contributed by atoms with Crippen LogP contribution >= 0.6 is 0 Å². The van der Waals surface area contributed by atoms with Crippen LogP contribution in [0.3, 0.4) is 0 Å². The van der Waals surface area contributed by atoms with E-state index in [1.165, 1.54) is 12.8 Å². The smallest absolute Gasteiger partial charge is 0.250 e. The van der Waals surface area contributed by atoms with Gasteiger partial charge in [-0.1, -0.05) is 6.92 Å². The zero-order valence-corrected chi connectivity index (χ0v) is 17.2. The quantitative estimate of drug-likeness (QED) is 0.823. The molecule has 0 bridgehead atoms. The summed E-state index contributed by atoms with van der Waals surface area (Å²) in [5.41, 5.74) is -0.323. The number of rotatable bonds is 4. The molecular formula is C21H32N4O2. The number of piperidine rings is 1. The summed E-state index contributed by atoms with van der Waals surface area (Å²) in [7, 11) is 0. The highest BCUT2D eigenvalue weighted by molar-refractivity contribution is 6.10. The first-order valence-electron chi connectivity index (χ1n) is 9.91. The number of nitrogens with one attached hydrogen (secondary N) is 1. The SMILES string of the molecule is CC1=CC2=NC(=O)C[C@@](C)(C(=O)NC(C)(C)CN3CCC[C@H](C)C3)N2C=C1. The number of amides is 2. The van der Waals surface area contributed by atoms with Crippen molar-refractivity contribution in [2.75, 3.05) is 19.6 Å². The number of hydrogen-bond acceptors (Lipinski definition) is 4. The molecule has 1 N–H and O–H groups in total. The van der Waals surface area contributed by atoms with Crippen molar-refractivity contribution in [1.29, 1.82) is 0 Å². The number of allylic oxidation sites excluding steroid dienone is 2. The van der Waals surface area contributed by atoms with E-state index in [4.69, 9.17) is 0 Å². The molecule has 6 heteroatoms. The summed E-state index contributed by atoms with van der Waals surface area (Å²) in [4.78, 5) is 33.9. The van der Waals surface area contributed by atoms with Crippen LogP contribution in [0.4, 0.5) is 0 Å². The van der Waals surface area contributed by atoms with Gasteiger partial charge in [-0.15, -0.1) is 0 Å². The number of hydrogen-bond donors (Lipinski definition) is 1. The molecule has 3 heterocycles. The minimum absolute atomic E-state index is 0.0798. The van der Waals surface area contributed by atoms with Crippen molar-refractivity contribution >= 4 is 17.6 Å². The number of carbonyl (C=O) groups excluding carboxylic acids is 2. The molecule has 1 fully saturated rings. The summed E-state index contributed by atoms with van der Waals surface area (Å²) in [6.07, 6.45) is 8.22. The maximum absolute atomic E-state index is 13.3. The largest absolute Gasteiger partial charge is 0.348 e. The molecule has 3 rings (SSSR count). The molecule has 6 nitrogen and oxygen atoms in total. The third-order valence-electron chi connectivity index (χ3n) is 5.66. The van der Waals surface area contributed by atoms with Gasteiger partial charge in [0.2, 0.25) is 5.91 Å². The van der Waals surface area contributed by atoms with Crippen LogP contribution in [0.25, 0.3) is 0 Å². The molecule has 0 aromatic heterocycles. The van der Waals surface area contributed by atoms with Crippen molar-refractivity contribution in [2.45, 2.75) is 65.0 Å². The third kappa shape index (κ3) is 4.32. The average Bonchev–Trinajstić information content (AvgIpc) is 2.53. The highest BCUT2D eigenvalue weighted by Crippen LogP contribution is 2.30. The Hall–Kier alpha value is -1.95. The Balaban J connectivity index is 1.73. The lowest BCUT2D eigenvalue weighted by atomic mass is 9.89. The van der Waals surface area contributed by atoms with Gasteiger partial charge in [0.25, 0.3) is 5.91 Å². The van der Waals surface area contributed by atoms with E-state index in [2.05, 4.69) is 36.0 Å². The molecule has 2 amide bonds. The fraction of sp³-hybridized carbons (Fsp3) is 0.667. The molecule has 2 atom stereocenters. The zero-order chi connectivity index (χ0) is 19.8. The van der Waals surface area contributed by atoms with Gasteiger partial charge in [-0.3, -0.25) is 9.59 Å². The molecule has 148 valence electrons. The Labute approximate surface area is 162 Å². The standard InChI is InChI=1S/C21H32N4O2/c1-15-8-10-25-17(11-15)22-18(26)12-21(25,5)19(27)23-20(3,4)14-24-9-6-7-16(2)13-24/h8,10-11,16H,6-7,9,12-14H2,1-5H3,(H,23,27)/t16-,21-/m0/s1. The molecule has 0 aromatic carbocycles. The fourth-order valence-electron chi connectivity index (χ4n) is 4.30. The number of carbonyl (C=O) groups is 2. The van der Waals surface area contributed by atoms with Crippen molar-refractivity contribution in [3.8, 4) is 0 Å². The third-order valence-corrected chi connectivity index (χ3v) is 5.66. The Bertz CT molecular complexity index is 722. The molecule has 27 heavy (non-hydrogen) atoms. The highest BCUT2D eigenvalue weighted by atomic mass is 16.2. The van der Waals surface area contributed by atoms with Crippen LogP contribution in [-0.2, 0) is 9.59 Å². The summed E-state index contributed by atoms with van der Waals surface area (Å²) < 4.78 is 0. The molecule has 0 radical (unpaired) electrons. The molecule has 1 saturated heterocycles. The van der Waals surface area contributed by atoms with Gasteiger partial charge in [-0.25, -0.2) is 0 Å². The van der Waals surface area contributed by atoms with Crippen LogP contribution in [0.15, 0.2) is 28.9 Å². The normalized spacial score (nSPS) is 29.1. The number of fused-ring (bicyclic) bond motifs is 1. The maximum Gasteiger partial charge on any atom is 0.250 e. The van der Waals surface area contributed by atoms with E-state index < -0.39 is 5.54 Å². The van der Waals surface area contributed by atoms with Crippen LogP contribution in [0.2, 0.25) is 0 Å². The van der Waals surface area contributed by atoms with Crippen LogP contribution in [-0.4, -0.2) is 58.2 Å². The van der Waals surface area contributed by atoms with E-state index in [-0.39, 0.29) is 23.8 Å². The summed E-state index contributed by atoms with van der Waals surface area (Å²) in [5, 5.41) is 3.21.